The number of aliphatic imine (C=N–C) groups is 1. The van der Waals surface area contributed by atoms with E-state index >= 15 is 0 Å². The van der Waals surface area contributed by atoms with Gasteiger partial charge in [0.25, 0.3) is 5.91 Å². The standard InChI is InChI=1S/C37H33N3O3/c1-2-39-36(42)34(43-37(39)38-33-21-13-12-20-32(33)35(41)28-14-6-3-7-15-28)26-27-22-24-31(25-23-27)40(29-16-8-4-9-17-29)30-18-10-5-11-19-30/h4,6,8-10,12-26H,2-3,5,7,11H2,1H3/b34-26+,38-37?. The fourth-order valence-electron chi connectivity index (χ4n) is 5.33. The van der Waals surface area contributed by atoms with E-state index in [-0.39, 0.29) is 23.5 Å². The molecule has 0 bridgehead atoms. The largest absolute Gasteiger partial charge is 0.419 e. The Balaban J connectivity index is 1.27. The number of ether oxygens (including phenoxy) is 1. The van der Waals surface area contributed by atoms with E-state index in [1.165, 1.54) is 4.90 Å². The summed E-state index contributed by atoms with van der Waals surface area (Å²) in [5.41, 5.74) is 5.65. The van der Waals surface area contributed by atoms with Crippen molar-refractivity contribution in [1.82, 2.24) is 4.90 Å². The van der Waals surface area contributed by atoms with Gasteiger partial charge in [-0.25, -0.2) is 0 Å². The molecule has 0 radical (unpaired) electrons. The second kappa shape index (κ2) is 12.7. The number of Topliss-reactive ketones (excluding diaryl/α,β-unsaturated/α-hetero) is 1. The Bertz CT molecular complexity index is 1710. The summed E-state index contributed by atoms with van der Waals surface area (Å²) in [5, 5.41) is 0. The third-order valence-electron chi connectivity index (χ3n) is 7.52. The van der Waals surface area contributed by atoms with Gasteiger partial charge in [0.15, 0.2) is 11.5 Å². The highest BCUT2D eigenvalue weighted by atomic mass is 16.5. The van der Waals surface area contributed by atoms with E-state index in [4.69, 9.17) is 4.74 Å². The molecule has 3 aliphatic rings. The van der Waals surface area contributed by atoms with Crippen molar-refractivity contribution in [2.45, 2.75) is 32.6 Å². The molecule has 6 heteroatoms. The first kappa shape index (κ1) is 27.9. The highest BCUT2D eigenvalue weighted by molar-refractivity contribution is 6.15. The summed E-state index contributed by atoms with van der Waals surface area (Å²) < 4.78 is 6.03. The Morgan fingerprint density at radius 3 is 2.26 bits per heavy atom. The summed E-state index contributed by atoms with van der Waals surface area (Å²) in [6.07, 6.45) is 18.0. The van der Waals surface area contributed by atoms with Crippen LogP contribution in [0.2, 0.25) is 0 Å². The number of likely N-dealkylation sites (N-methyl/N-ethyl adjacent to an activating group) is 1. The van der Waals surface area contributed by atoms with Crippen molar-refractivity contribution in [1.29, 1.82) is 0 Å². The van der Waals surface area contributed by atoms with E-state index in [0.29, 0.717) is 23.4 Å². The smallest absolute Gasteiger partial charge is 0.305 e. The molecule has 0 saturated carbocycles. The Morgan fingerprint density at radius 2 is 1.56 bits per heavy atom. The number of allylic oxidation sites excluding steroid dienone is 7. The van der Waals surface area contributed by atoms with Crippen LogP contribution < -0.4 is 4.90 Å². The fourth-order valence-corrected chi connectivity index (χ4v) is 5.33. The molecule has 6 rings (SSSR count). The van der Waals surface area contributed by atoms with E-state index in [1.54, 1.807) is 18.2 Å². The highest BCUT2D eigenvalue weighted by Gasteiger charge is 2.34. The number of benzene rings is 3. The summed E-state index contributed by atoms with van der Waals surface area (Å²) in [6.45, 7) is 2.25. The van der Waals surface area contributed by atoms with Gasteiger partial charge in [-0.1, -0.05) is 72.8 Å². The molecular formula is C37H33N3O3. The number of carbonyl (C=O) groups is 2. The molecule has 1 amide bonds. The highest BCUT2D eigenvalue weighted by Crippen LogP contribution is 2.33. The molecule has 43 heavy (non-hydrogen) atoms. The predicted molar refractivity (Wildman–Crippen MR) is 172 cm³/mol. The molecule has 1 saturated heterocycles. The number of nitrogens with zero attached hydrogens (tertiary/aromatic N) is 3. The first-order chi connectivity index (χ1) is 21.1. The number of anilines is 2. The zero-order chi connectivity index (χ0) is 29.6. The number of ketones is 1. The summed E-state index contributed by atoms with van der Waals surface area (Å²) >= 11 is 0. The Labute approximate surface area is 252 Å². The molecule has 3 aromatic rings. The maximum Gasteiger partial charge on any atom is 0.305 e. The van der Waals surface area contributed by atoms with Crippen molar-refractivity contribution in [2.24, 2.45) is 4.99 Å². The van der Waals surface area contributed by atoms with Gasteiger partial charge in [0.05, 0.1) is 5.69 Å². The fraction of sp³-hybridized carbons (Fsp3) is 0.162. The van der Waals surface area contributed by atoms with Gasteiger partial charge in [0.2, 0.25) is 0 Å². The minimum Gasteiger partial charge on any atom is -0.419 e. The number of rotatable bonds is 8. The normalized spacial score (nSPS) is 18.1. The number of para-hydroxylation sites is 2. The zero-order valence-electron chi connectivity index (χ0n) is 24.1. The molecule has 1 fully saturated rings. The van der Waals surface area contributed by atoms with Crippen molar-refractivity contribution in [3.63, 3.8) is 0 Å². The number of amides is 1. The van der Waals surface area contributed by atoms with Crippen LogP contribution in [-0.2, 0) is 9.53 Å². The number of hydrogen-bond acceptors (Lipinski definition) is 5. The van der Waals surface area contributed by atoms with Gasteiger partial charge < -0.3 is 9.64 Å². The van der Waals surface area contributed by atoms with Gasteiger partial charge in [-0.15, -0.1) is 0 Å². The average Bonchev–Trinajstić information content (AvgIpc) is 3.36. The minimum atomic E-state index is -0.268. The molecule has 6 nitrogen and oxygen atoms in total. The van der Waals surface area contributed by atoms with Crippen LogP contribution in [0, 0.1) is 0 Å². The Hall–Kier alpha value is -5.23. The monoisotopic (exact) mass is 567 g/mol. The van der Waals surface area contributed by atoms with Crippen LogP contribution in [0.3, 0.4) is 0 Å². The molecule has 2 aliphatic carbocycles. The molecule has 0 unspecified atom stereocenters. The lowest BCUT2D eigenvalue weighted by Gasteiger charge is -2.27. The molecule has 3 aromatic carbocycles. The van der Waals surface area contributed by atoms with Gasteiger partial charge >= 0.3 is 6.02 Å². The summed E-state index contributed by atoms with van der Waals surface area (Å²) in [5.74, 6) is -0.175. The maximum atomic E-state index is 13.3. The van der Waals surface area contributed by atoms with Gasteiger partial charge in [-0.2, -0.15) is 4.99 Å². The van der Waals surface area contributed by atoms with E-state index in [2.05, 4.69) is 40.3 Å². The zero-order valence-corrected chi connectivity index (χ0v) is 24.1. The summed E-state index contributed by atoms with van der Waals surface area (Å²) in [7, 11) is 0. The van der Waals surface area contributed by atoms with Crippen LogP contribution in [0.25, 0.3) is 6.08 Å². The SMILES string of the molecule is CCN1C(=O)/C(=C\c2ccc(N(C3=CCCC=C3)c3ccccc3)cc2)OC1=Nc1ccccc1C(=O)C1=CCCC=C1. The Morgan fingerprint density at radius 1 is 0.860 bits per heavy atom. The van der Waals surface area contributed by atoms with Gasteiger partial charge in [0, 0.05) is 34.8 Å². The molecule has 1 heterocycles. The average molecular weight is 568 g/mol. The van der Waals surface area contributed by atoms with Gasteiger partial charge in [-0.3, -0.25) is 14.5 Å². The van der Waals surface area contributed by atoms with Crippen LogP contribution in [-0.4, -0.2) is 29.2 Å². The van der Waals surface area contributed by atoms with Crippen molar-refractivity contribution < 1.29 is 14.3 Å². The van der Waals surface area contributed by atoms with Crippen LogP contribution in [0.5, 0.6) is 0 Å². The first-order valence-electron chi connectivity index (χ1n) is 14.7. The second-order valence-corrected chi connectivity index (χ2v) is 10.4. The Kier molecular flexibility index (Phi) is 8.27. The van der Waals surface area contributed by atoms with Crippen LogP contribution in [0.1, 0.15) is 48.5 Å². The van der Waals surface area contributed by atoms with Crippen molar-refractivity contribution in [2.75, 3.05) is 11.4 Å². The van der Waals surface area contributed by atoms with Crippen molar-refractivity contribution in [3.8, 4) is 0 Å². The summed E-state index contributed by atoms with van der Waals surface area (Å²) in [4.78, 5) is 34.9. The lowest BCUT2D eigenvalue weighted by Crippen LogP contribution is -2.29. The van der Waals surface area contributed by atoms with Gasteiger partial charge in [-0.05, 0) is 86.7 Å². The number of amidine groups is 1. The quantitative estimate of drug-likeness (QED) is 0.202. The second-order valence-electron chi connectivity index (χ2n) is 10.4. The number of hydrogen-bond donors (Lipinski definition) is 0. The van der Waals surface area contributed by atoms with E-state index in [9.17, 15) is 9.59 Å². The predicted octanol–water partition coefficient (Wildman–Crippen LogP) is 8.43. The lowest BCUT2D eigenvalue weighted by atomic mass is 9.97. The van der Waals surface area contributed by atoms with E-state index < -0.39 is 0 Å². The first-order valence-corrected chi connectivity index (χ1v) is 14.7. The van der Waals surface area contributed by atoms with Gasteiger partial charge in [0.1, 0.15) is 0 Å². The molecule has 0 N–H and O–H groups in total. The summed E-state index contributed by atoms with van der Waals surface area (Å²) in [6, 6.07) is 25.7. The molecule has 214 valence electrons. The minimum absolute atomic E-state index is 0.0943. The van der Waals surface area contributed by atoms with Crippen LogP contribution in [0.15, 0.2) is 137 Å². The molecular weight excluding hydrogens is 534 g/mol. The molecule has 0 aromatic heterocycles. The number of carbonyl (C=O) groups excluding carboxylic acids is 2. The maximum absolute atomic E-state index is 13.3. The molecule has 0 spiro atoms. The van der Waals surface area contributed by atoms with Crippen LogP contribution >= 0.6 is 0 Å². The molecule has 1 aliphatic heterocycles. The third kappa shape index (κ3) is 6.04. The lowest BCUT2D eigenvalue weighted by molar-refractivity contribution is -0.122. The third-order valence-corrected chi connectivity index (χ3v) is 7.52. The van der Waals surface area contributed by atoms with Crippen LogP contribution in [0.4, 0.5) is 17.1 Å². The van der Waals surface area contributed by atoms with E-state index in [0.717, 1.165) is 48.3 Å². The van der Waals surface area contributed by atoms with Crippen molar-refractivity contribution >= 4 is 40.9 Å². The van der Waals surface area contributed by atoms with Crippen molar-refractivity contribution in [3.05, 3.63) is 143 Å². The van der Waals surface area contributed by atoms with E-state index in [1.807, 2.05) is 79.7 Å². The topological polar surface area (TPSA) is 62.2 Å². The molecule has 0 atom stereocenters.